The van der Waals surface area contributed by atoms with Crippen molar-refractivity contribution in [2.75, 3.05) is 13.2 Å². The van der Waals surface area contributed by atoms with Crippen molar-refractivity contribution in [2.24, 2.45) is 11.7 Å². The molecule has 2 atom stereocenters. The van der Waals surface area contributed by atoms with E-state index in [1.807, 2.05) is 0 Å². The molecule has 0 aromatic carbocycles. The van der Waals surface area contributed by atoms with Crippen molar-refractivity contribution >= 4 is 5.97 Å². The lowest BCUT2D eigenvalue weighted by Crippen LogP contribution is -2.33. The molecule has 0 amide bonds. The van der Waals surface area contributed by atoms with Crippen LogP contribution in [0.3, 0.4) is 0 Å². The molecule has 8 heteroatoms. The Kier molecular flexibility index (Phi) is 5.18. The van der Waals surface area contributed by atoms with Gasteiger partial charge in [-0.3, -0.25) is 4.79 Å². The first kappa shape index (κ1) is 16.5. The fraction of sp³-hybridized carbons (Fsp3) is 0.583. The monoisotopic (exact) mass is 295 g/mol. The largest absolute Gasteiger partial charge is 0.465 e. The highest BCUT2D eigenvalue weighted by Gasteiger charge is 2.42. The van der Waals surface area contributed by atoms with Gasteiger partial charge in [-0.25, -0.2) is 0 Å². The van der Waals surface area contributed by atoms with Crippen LogP contribution in [-0.2, 0) is 9.53 Å². The van der Waals surface area contributed by atoms with Crippen LogP contribution in [0.4, 0.5) is 13.2 Å². The zero-order chi connectivity index (χ0) is 15.5. The van der Waals surface area contributed by atoms with Gasteiger partial charge in [-0.2, -0.15) is 13.2 Å². The number of allylic oxidation sites excluding steroid dienone is 1. The summed E-state index contributed by atoms with van der Waals surface area (Å²) in [5.74, 6) is -2.08. The van der Waals surface area contributed by atoms with E-state index in [0.717, 1.165) is 6.08 Å². The Bertz CT molecular complexity index is 442. The van der Waals surface area contributed by atoms with E-state index in [4.69, 9.17) is 10.8 Å². The van der Waals surface area contributed by atoms with Gasteiger partial charge in [0.2, 0.25) is 0 Å². The molecule has 1 aliphatic carbocycles. The van der Waals surface area contributed by atoms with Crippen LogP contribution in [0, 0.1) is 5.92 Å². The number of hydrogen-bond acceptors (Lipinski definition) is 5. The van der Waals surface area contributed by atoms with E-state index in [1.54, 1.807) is 0 Å². The maximum absolute atomic E-state index is 13.0. The summed E-state index contributed by atoms with van der Waals surface area (Å²) in [6.45, 7) is 0.685. The maximum Gasteiger partial charge on any atom is 0.413 e. The van der Waals surface area contributed by atoms with Gasteiger partial charge in [-0.1, -0.05) is 0 Å². The van der Waals surface area contributed by atoms with E-state index in [1.165, 1.54) is 6.92 Å². The molecular weight excluding hydrogens is 279 g/mol. The number of carbonyl (C=O) groups excluding carboxylic acids is 1. The van der Waals surface area contributed by atoms with Crippen molar-refractivity contribution in [1.82, 2.24) is 0 Å². The summed E-state index contributed by atoms with van der Waals surface area (Å²) in [6, 6.07) is 0. The number of aliphatic hydroxyl groups is 2. The van der Waals surface area contributed by atoms with Gasteiger partial charge in [0.25, 0.3) is 0 Å². The summed E-state index contributed by atoms with van der Waals surface area (Å²) < 4.78 is 43.6. The first-order valence-electron chi connectivity index (χ1n) is 5.95. The second kappa shape index (κ2) is 6.27. The van der Waals surface area contributed by atoms with E-state index in [0.29, 0.717) is 0 Å². The van der Waals surface area contributed by atoms with E-state index in [9.17, 15) is 23.1 Å². The molecule has 0 radical (unpaired) electrons. The molecule has 0 aromatic rings. The normalized spacial score (nSPS) is 21.5. The lowest BCUT2D eigenvalue weighted by Gasteiger charge is -2.27. The molecule has 5 nitrogen and oxygen atoms in total. The van der Waals surface area contributed by atoms with Gasteiger partial charge in [0, 0.05) is 11.3 Å². The Morgan fingerprint density at radius 3 is 2.65 bits per heavy atom. The summed E-state index contributed by atoms with van der Waals surface area (Å²) >= 11 is 0. The quantitative estimate of drug-likeness (QED) is 0.661. The molecule has 0 saturated carbocycles. The summed E-state index contributed by atoms with van der Waals surface area (Å²) in [7, 11) is 0. The van der Waals surface area contributed by atoms with E-state index >= 15 is 0 Å². The van der Waals surface area contributed by atoms with Gasteiger partial charge in [0.1, 0.15) is 12.0 Å². The molecule has 20 heavy (non-hydrogen) atoms. The van der Waals surface area contributed by atoms with Crippen molar-refractivity contribution in [2.45, 2.75) is 25.6 Å². The van der Waals surface area contributed by atoms with Crippen LogP contribution >= 0.6 is 0 Å². The zero-order valence-corrected chi connectivity index (χ0v) is 10.8. The minimum atomic E-state index is -4.73. The highest BCUT2D eigenvalue weighted by atomic mass is 19.4. The van der Waals surface area contributed by atoms with Gasteiger partial charge in [0.15, 0.2) is 0 Å². The van der Waals surface area contributed by atoms with E-state index in [2.05, 4.69) is 4.74 Å². The number of carbonyl (C=O) groups is 1. The summed E-state index contributed by atoms with van der Waals surface area (Å²) in [4.78, 5) is 11.6. The first-order chi connectivity index (χ1) is 9.22. The predicted octanol–water partition coefficient (Wildman–Crippen LogP) is 0.624. The Hall–Kier alpha value is -1.54. The fourth-order valence-electron chi connectivity index (χ4n) is 1.94. The summed E-state index contributed by atoms with van der Waals surface area (Å²) in [5, 5.41) is 18.2. The number of hydrogen-bond donors (Lipinski definition) is 3. The Morgan fingerprint density at radius 1 is 1.60 bits per heavy atom. The maximum atomic E-state index is 13.0. The molecule has 2 unspecified atom stereocenters. The van der Waals surface area contributed by atoms with Crippen LogP contribution in [0.2, 0.25) is 0 Å². The molecule has 1 aliphatic rings. The lowest BCUT2D eigenvalue weighted by molar-refractivity contribution is -0.147. The van der Waals surface area contributed by atoms with Crippen LogP contribution < -0.4 is 5.73 Å². The second-order valence-corrected chi connectivity index (χ2v) is 4.28. The summed E-state index contributed by atoms with van der Waals surface area (Å²) in [6.07, 6.45) is -6.26. The lowest BCUT2D eigenvalue weighted by atomic mass is 9.85. The first-order valence-corrected chi connectivity index (χ1v) is 5.95. The van der Waals surface area contributed by atoms with Gasteiger partial charge in [0.05, 0.1) is 13.2 Å². The van der Waals surface area contributed by atoms with Gasteiger partial charge in [-0.05, 0) is 25.0 Å². The van der Waals surface area contributed by atoms with Crippen molar-refractivity contribution in [3.8, 4) is 0 Å². The Morgan fingerprint density at radius 2 is 2.20 bits per heavy atom. The van der Waals surface area contributed by atoms with Crippen molar-refractivity contribution in [3.63, 3.8) is 0 Å². The summed E-state index contributed by atoms with van der Waals surface area (Å²) in [5.41, 5.74) is 3.85. The number of rotatable bonds is 4. The van der Waals surface area contributed by atoms with Crippen molar-refractivity contribution < 1.29 is 32.9 Å². The average molecular weight is 295 g/mol. The minimum absolute atomic E-state index is 0.0276. The zero-order valence-electron chi connectivity index (χ0n) is 10.8. The molecule has 0 bridgehead atoms. The number of alkyl halides is 3. The number of aliphatic hydroxyl groups excluding tert-OH is 2. The molecule has 0 spiro atoms. The van der Waals surface area contributed by atoms with Crippen molar-refractivity contribution in [1.29, 1.82) is 0 Å². The van der Waals surface area contributed by atoms with Crippen LogP contribution in [0.15, 0.2) is 22.9 Å². The van der Waals surface area contributed by atoms with E-state index < -0.39 is 48.3 Å². The third-order valence-corrected chi connectivity index (χ3v) is 2.93. The molecule has 0 heterocycles. The number of halogens is 3. The van der Waals surface area contributed by atoms with Crippen LogP contribution in [0.1, 0.15) is 13.3 Å². The molecule has 0 saturated heterocycles. The van der Waals surface area contributed by atoms with Gasteiger partial charge >= 0.3 is 12.1 Å². The Balaban J connectivity index is 3.18. The molecule has 0 fully saturated rings. The minimum Gasteiger partial charge on any atom is -0.465 e. The van der Waals surface area contributed by atoms with Gasteiger partial charge < -0.3 is 20.7 Å². The van der Waals surface area contributed by atoms with Crippen LogP contribution in [0.5, 0.6) is 0 Å². The molecule has 114 valence electrons. The molecule has 1 rings (SSSR count). The average Bonchev–Trinajstić information content (AvgIpc) is 2.36. The standard InChI is InChI=1S/C12H16F3NO4/c1-2-20-11(19)7-3-8(12(13,14)15)6(4-9(7)16)10(18)5-17/h4,7,10,17-18H,2-3,5,16H2,1H3. The highest BCUT2D eigenvalue weighted by molar-refractivity contribution is 5.77. The highest BCUT2D eigenvalue weighted by Crippen LogP contribution is 2.39. The molecular formula is C12H16F3NO4. The topological polar surface area (TPSA) is 92.8 Å². The van der Waals surface area contributed by atoms with Gasteiger partial charge in [-0.15, -0.1) is 0 Å². The predicted molar refractivity (Wildman–Crippen MR) is 63.2 cm³/mol. The van der Waals surface area contributed by atoms with Crippen LogP contribution in [-0.4, -0.2) is 41.7 Å². The smallest absolute Gasteiger partial charge is 0.413 e. The third-order valence-electron chi connectivity index (χ3n) is 2.93. The second-order valence-electron chi connectivity index (χ2n) is 4.28. The molecule has 0 aliphatic heterocycles. The molecule has 0 aromatic heterocycles. The SMILES string of the molecule is CCOC(=O)C1CC(C(F)(F)F)=C(C(O)CO)C=C1N. The number of ether oxygens (including phenoxy) is 1. The molecule has 4 N–H and O–H groups in total. The van der Waals surface area contributed by atoms with Crippen LogP contribution in [0.25, 0.3) is 0 Å². The number of esters is 1. The van der Waals surface area contributed by atoms with E-state index in [-0.39, 0.29) is 12.3 Å². The number of nitrogens with two attached hydrogens (primary N) is 1. The Labute approximate surface area is 113 Å². The third kappa shape index (κ3) is 3.51. The van der Waals surface area contributed by atoms with Crippen molar-refractivity contribution in [3.05, 3.63) is 22.9 Å². The fourth-order valence-corrected chi connectivity index (χ4v) is 1.94.